The van der Waals surface area contributed by atoms with E-state index in [1.165, 1.54) is 6.42 Å². The van der Waals surface area contributed by atoms with E-state index in [1.54, 1.807) is 0 Å². The van der Waals surface area contributed by atoms with Gasteiger partial charge in [0.15, 0.2) is 6.23 Å². The number of rotatable bonds is 4. The molecular weight excluding hydrogens is 190 g/mol. The zero-order valence-corrected chi connectivity index (χ0v) is 8.80. The molecule has 0 bridgehead atoms. The van der Waals surface area contributed by atoms with Crippen molar-refractivity contribution >= 4 is 6.47 Å². The first-order valence-electron chi connectivity index (χ1n) is 5.22. The molecule has 1 aromatic carbocycles. The summed E-state index contributed by atoms with van der Waals surface area (Å²) in [6.45, 7) is 3.67. The van der Waals surface area contributed by atoms with Crippen molar-refractivity contribution in [1.82, 2.24) is 4.90 Å². The largest absolute Gasteiger partial charge is 0.444 e. The van der Waals surface area contributed by atoms with Crippen molar-refractivity contribution in [2.24, 2.45) is 0 Å². The number of carbonyl (C=O) groups is 1. The second-order valence-electron chi connectivity index (χ2n) is 3.87. The quantitative estimate of drug-likeness (QED) is 0.704. The number of nitrogens with zero attached hydrogens (tertiary/aromatic N) is 1. The molecule has 1 heterocycles. The molecular formula is C12H15NO2. The summed E-state index contributed by atoms with van der Waals surface area (Å²) in [6, 6.07) is 10.3. The molecule has 80 valence electrons. The van der Waals surface area contributed by atoms with Crippen LogP contribution in [0.1, 0.15) is 25.1 Å². The van der Waals surface area contributed by atoms with Crippen LogP contribution in [0.3, 0.4) is 0 Å². The van der Waals surface area contributed by atoms with Gasteiger partial charge in [-0.3, -0.25) is 9.69 Å². The normalized spacial score (nSPS) is 22.9. The Bertz CT molecular complexity index is 326. The first-order valence-corrected chi connectivity index (χ1v) is 5.22. The van der Waals surface area contributed by atoms with E-state index in [4.69, 9.17) is 4.74 Å². The maximum atomic E-state index is 10.5. The minimum absolute atomic E-state index is 0.215. The SMILES string of the molecule is CC1CCN1C(OC=O)c1ccccc1. The fourth-order valence-electron chi connectivity index (χ4n) is 1.90. The Morgan fingerprint density at radius 1 is 1.47 bits per heavy atom. The zero-order chi connectivity index (χ0) is 10.7. The summed E-state index contributed by atoms with van der Waals surface area (Å²) in [5.41, 5.74) is 1.04. The Kier molecular flexibility index (Phi) is 3.02. The van der Waals surface area contributed by atoms with Crippen LogP contribution in [0.4, 0.5) is 0 Å². The van der Waals surface area contributed by atoms with E-state index in [-0.39, 0.29) is 6.23 Å². The third-order valence-corrected chi connectivity index (χ3v) is 2.94. The molecule has 0 amide bonds. The average Bonchev–Trinajstić information content (AvgIpc) is 2.28. The zero-order valence-electron chi connectivity index (χ0n) is 8.80. The molecule has 2 atom stereocenters. The summed E-state index contributed by atoms with van der Waals surface area (Å²) in [7, 11) is 0. The van der Waals surface area contributed by atoms with Gasteiger partial charge < -0.3 is 4.74 Å². The van der Waals surface area contributed by atoms with Crippen LogP contribution in [0, 0.1) is 0 Å². The van der Waals surface area contributed by atoms with Gasteiger partial charge in [0.05, 0.1) is 0 Å². The van der Waals surface area contributed by atoms with Crippen LogP contribution in [-0.4, -0.2) is 24.0 Å². The Morgan fingerprint density at radius 3 is 2.67 bits per heavy atom. The lowest BCUT2D eigenvalue weighted by Crippen LogP contribution is -2.48. The summed E-state index contributed by atoms with van der Waals surface area (Å²) >= 11 is 0. The van der Waals surface area contributed by atoms with Gasteiger partial charge in [0, 0.05) is 18.2 Å². The lowest BCUT2D eigenvalue weighted by Gasteiger charge is -2.43. The van der Waals surface area contributed by atoms with Crippen molar-refractivity contribution in [3.05, 3.63) is 35.9 Å². The lowest BCUT2D eigenvalue weighted by atomic mass is 10.0. The molecule has 0 saturated carbocycles. The Balaban J connectivity index is 2.16. The Hall–Kier alpha value is -1.35. The molecule has 2 unspecified atom stereocenters. The molecule has 3 heteroatoms. The fraction of sp³-hybridized carbons (Fsp3) is 0.417. The number of hydrogen-bond acceptors (Lipinski definition) is 3. The van der Waals surface area contributed by atoms with E-state index < -0.39 is 0 Å². The number of likely N-dealkylation sites (tertiary alicyclic amines) is 1. The Labute approximate surface area is 89.7 Å². The van der Waals surface area contributed by atoms with Crippen LogP contribution in [0.15, 0.2) is 30.3 Å². The highest BCUT2D eigenvalue weighted by molar-refractivity contribution is 5.38. The molecule has 2 rings (SSSR count). The van der Waals surface area contributed by atoms with Crippen molar-refractivity contribution in [3.63, 3.8) is 0 Å². The molecule has 1 fully saturated rings. The van der Waals surface area contributed by atoms with E-state index in [9.17, 15) is 4.79 Å². The predicted octanol–water partition coefficient (Wildman–Crippen LogP) is 1.95. The monoisotopic (exact) mass is 205 g/mol. The summed E-state index contributed by atoms with van der Waals surface area (Å²) in [5, 5.41) is 0. The highest BCUT2D eigenvalue weighted by atomic mass is 16.5. The fourth-order valence-corrected chi connectivity index (χ4v) is 1.90. The van der Waals surface area contributed by atoms with Gasteiger partial charge in [-0.05, 0) is 13.3 Å². The van der Waals surface area contributed by atoms with Gasteiger partial charge in [-0.15, -0.1) is 0 Å². The van der Waals surface area contributed by atoms with Crippen LogP contribution in [-0.2, 0) is 9.53 Å². The minimum atomic E-state index is -0.215. The molecule has 0 aliphatic carbocycles. The van der Waals surface area contributed by atoms with E-state index in [0.29, 0.717) is 12.5 Å². The van der Waals surface area contributed by atoms with Gasteiger partial charge in [0.25, 0.3) is 6.47 Å². The molecule has 1 aromatic rings. The number of ether oxygens (including phenoxy) is 1. The first kappa shape index (κ1) is 10.2. The third kappa shape index (κ3) is 2.02. The van der Waals surface area contributed by atoms with E-state index in [1.807, 2.05) is 30.3 Å². The van der Waals surface area contributed by atoms with Crippen molar-refractivity contribution in [2.75, 3.05) is 6.54 Å². The van der Waals surface area contributed by atoms with E-state index in [2.05, 4.69) is 11.8 Å². The number of carbonyl (C=O) groups excluding carboxylic acids is 1. The predicted molar refractivity (Wildman–Crippen MR) is 57.1 cm³/mol. The third-order valence-electron chi connectivity index (χ3n) is 2.94. The average molecular weight is 205 g/mol. The molecule has 1 aliphatic heterocycles. The van der Waals surface area contributed by atoms with Gasteiger partial charge in [-0.2, -0.15) is 0 Å². The van der Waals surface area contributed by atoms with Crippen LogP contribution in [0.5, 0.6) is 0 Å². The highest BCUT2D eigenvalue weighted by Crippen LogP contribution is 2.30. The van der Waals surface area contributed by atoms with Crippen molar-refractivity contribution in [3.8, 4) is 0 Å². The standard InChI is InChI=1S/C12H15NO2/c1-10-7-8-13(10)12(15-9-14)11-5-3-2-4-6-11/h2-6,9-10,12H,7-8H2,1H3. The maximum absolute atomic E-state index is 10.5. The van der Waals surface area contributed by atoms with E-state index in [0.717, 1.165) is 12.1 Å². The van der Waals surface area contributed by atoms with Crippen LogP contribution < -0.4 is 0 Å². The van der Waals surface area contributed by atoms with Gasteiger partial charge in [-0.25, -0.2) is 0 Å². The van der Waals surface area contributed by atoms with Gasteiger partial charge >= 0.3 is 0 Å². The van der Waals surface area contributed by atoms with Crippen LogP contribution in [0.2, 0.25) is 0 Å². The maximum Gasteiger partial charge on any atom is 0.294 e. The summed E-state index contributed by atoms with van der Waals surface area (Å²) in [5.74, 6) is 0. The molecule has 15 heavy (non-hydrogen) atoms. The molecule has 1 saturated heterocycles. The summed E-state index contributed by atoms with van der Waals surface area (Å²) in [6.07, 6.45) is 0.957. The van der Waals surface area contributed by atoms with Crippen molar-refractivity contribution < 1.29 is 9.53 Å². The summed E-state index contributed by atoms with van der Waals surface area (Å²) in [4.78, 5) is 12.7. The van der Waals surface area contributed by atoms with E-state index >= 15 is 0 Å². The highest BCUT2D eigenvalue weighted by Gasteiger charge is 2.32. The lowest BCUT2D eigenvalue weighted by molar-refractivity contribution is -0.154. The van der Waals surface area contributed by atoms with Crippen LogP contribution in [0.25, 0.3) is 0 Å². The molecule has 0 aromatic heterocycles. The van der Waals surface area contributed by atoms with Crippen molar-refractivity contribution in [2.45, 2.75) is 25.6 Å². The van der Waals surface area contributed by atoms with Crippen LogP contribution >= 0.6 is 0 Å². The minimum Gasteiger partial charge on any atom is -0.444 e. The number of hydrogen-bond donors (Lipinski definition) is 0. The van der Waals surface area contributed by atoms with Gasteiger partial charge in [0.1, 0.15) is 0 Å². The van der Waals surface area contributed by atoms with Gasteiger partial charge in [0.2, 0.25) is 0 Å². The molecule has 1 aliphatic rings. The molecule has 3 nitrogen and oxygen atoms in total. The second-order valence-corrected chi connectivity index (χ2v) is 3.87. The second kappa shape index (κ2) is 4.45. The van der Waals surface area contributed by atoms with Crippen molar-refractivity contribution in [1.29, 1.82) is 0 Å². The first-order chi connectivity index (χ1) is 7.33. The molecule has 0 N–H and O–H groups in total. The Morgan fingerprint density at radius 2 is 2.20 bits per heavy atom. The summed E-state index contributed by atoms with van der Waals surface area (Å²) < 4.78 is 5.15. The molecule has 0 radical (unpaired) electrons. The van der Waals surface area contributed by atoms with Gasteiger partial charge in [-0.1, -0.05) is 30.3 Å². The number of benzene rings is 1. The molecule has 0 spiro atoms. The topological polar surface area (TPSA) is 29.5 Å². The smallest absolute Gasteiger partial charge is 0.294 e.